The molecule has 45 heavy (non-hydrogen) atoms. The zero-order valence-electron chi connectivity index (χ0n) is 24.0. The molecular weight excluding hydrogens is 611 g/mol. The summed E-state index contributed by atoms with van der Waals surface area (Å²) in [6.07, 6.45) is 0. The Morgan fingerprint density at radius 3 is 2.44 bits per heavy atom. The third-order valence-corrected chi connectivity index (χ3v) is 10.3. The van der Waals surface area contributed by atoms with Crippen LogP contribution in [0.5, 0.6) is 11.5 Å². The number of carbonyl (C=O) groups excluding carboxylic acids is 3. The Morgan fingerprint density at radius 2 is 1.64 bits per heavy atom. The Kier molecular flexibility index (Phi) is 7.64. The Hall–Kier alpha value is -4.87. The highest BCUT2D eigenvalue weighted by Crippen LogP contribution is 2.53. The maximum atomic E-state index is 13.9. The molecule has 2 N–H and O–H groups in total. The molecule has 1 saturated heterocycles. The number of ether oxygens (including phenoxy) is 2. The average Bonchev–Trinajstić information content (AvgIpc) is 3.54. The van der Waals surface area contributed by atoms with Gasteiger partial charge in [-0.15, -0.1) is 0 Å². The molecule has 0 aliphatic carbocycles. The number of hydrogen-bond acceptors (Lipinski definition) is 8. The SMILES string of the molecule is CCOc1cc([C@H]2c3sc(=O)[nH]c3SC3C(=O)N(c4ccccc4)C(=O)C32)ccc1OCC(=O)Nc1ccc2ccccc2c1. The zero-order valence-corrected chi connectivity index (χ0v) is 25.7. The van der Waals surface area contributed by atoms with Gasteiger partial charge in [0.05, 0.1) is 23.2 Å². The van der Waals surface area contributed by atoms with Gasteiger partial charge in [-0.05, 0) is 59.7 Å². The lowest BCUT2D eigenvalue weighted by atomic mass is 9.83. The van der Waals surface area contributed by atoms with Crippen molar-refractivity contribution in [1.82, 2.24) is 4.98 Å². The van der Waals surface area contributed by atoms with Crippen LogP contribution in [0.2, 0.25) is 0 Å². The Bertz CT molecular complexity index is 2010. The molecule has 2 aliphatic heterocycles. The van der Waals surface area contributed by atoms with E-state index in [1.165, 1.54) is 16.7 Å². The molecule has 1 fully saturated rings. The summed E-state index contributed by atoms with van der Waals surface area (Å²) in [5.74, 6) is -1.50. The van der Waals surface area contributed by atoms with Crippen LogP contribution >= 0.6 is 23.1 Å². The van der Waals surface area contributed by atoms with Gasteiger partial charge in [0.15, 0.2) is 18.1 Å². The summed E-state index contributed by atoms with van der Waals surface area (Å²) in [4.78, 5) is 57.4. The van der Waals surface area contributed by atoms with Crippen LogP contribution in [-0.4, -0.2) is 41.2 Å². The fourth-order valence-corrected chi connectivity index (χ4v) is 8.44. The van der Waals surface area contributed by atoms with Crippen molar-refractivity contribution in [3.8, 4) is 11.5 Å². The zero-order chi connectivity index (χ0) is 31.1. The fourth-order valence-electron chi connectivity index (χ4n) is 5.92. The van der Waals surface area contributed by atoms with Gasteiger partial charge in [0.25, 0.3) is 5.91 Å². The van der Waals surface area contributed by atoms with Gasteiger partial charge in [0.2, 0.25) is 11.8 Å². The predicted molar refractivity (Wildman–Crippen MR) is 175 cm³/mol. The van der Waals surface area contributed by atoms with Gasteiger partial charge in [0, 0.05) is 16.5 Å². The van der Waals surface area contributed by atoms with Gasteiger partial charge in [-0.3, -0.25) is 19.2 Å². The summed E-state index contributed by atoms with van der Waals surface area (Å²) in [6, 6.07) is 27.7. The largest absolute Gasteiger partial charge is 0.490 e. The number of rotatable bonds is 8. The van der Waals surface area contributed by atoms with Crippen molar-refractivity contribution >= 4 is 63.0 Å². The standard InChI is InChI=1S/C34H27N3O6S2/c1-2-42-25-17-21(13-15-24(25)43-18-26(38)35-22-14-12-19-8-6-7-9-20(19)16-22)27-28-30(44-31-29(27)45-34(41)36-31)33(40)37(32(28)39)23-10-4-3-5-11-23/h3-17,27-28,30H,2,18H2,1H3,(H,35,38)(H,36,41)/t27-,28?,30?/m1/s1. The molecule has 1 aromatic heterocycles. The van der Waals surface area contributed by atoms with E-state index in [9.17, 15) is 19.2 Å². The van der Waals surface area contributed by atoms with E-state index in [1.54, 1.807) is 42.5 Å². The summed E-state index contributed by atoms with van der Waals surface area (Å²) in [7, 11) is 0. The van der Waals surface area contributed by atoms with Crippen molar-refractivity contribution in [1.29, 1.82) is 0 Å². The maximum Gasteiger partial charge on any atom is 0.305 e. The molecule has 2 unspecified atom stereocenters. The predicted octanol–water partition coefficient (Wildman–Crippen LogP) is 5.80. The van der Waals surface area contributed by atoms with Gasteiger partial charge in [0.1, 0.15) is 5.25 Å². The number of anilines is 2. The number of amides is 3. The minimum atomic E-state index is -0.726. The number of carbonyl (C=O) groups is 3. The number of para-hydroxylation sites is 1. The quantitative estimate of drug-likeness (QED) is 0.207. The minimum absolute atomic E-state index is 0.250. The molecule has 226 valence electrons. The van der Waals surface area contributed by atoms with Crippen LogP contribution in [0.1, 0.15) is 23.3 Å². The lowest BCUT2D eigenvalue weighted by Crippen LogP contribution is -2.32. The smallest absolute Gasteiger partial charge is 0.305 e. The maximum absolute atomic E-state index is 13.9. The minimum Gasteiger partial charge on any atom is -0.490 e. The van der Waals surface area contributed by atoms with Crippen molar-refractivity contribution in [2.45, 2.75) is 23.1 Å². The molecule has 2 aliphatic rings. The van der Waals surface area contributed by atoms with Gasteiger partial charge in [-0.25, -0.2) is 4.90 Å². The number of thiazole rings is 1. The monoisotopic (exact) mass is 637 g/mol. The van der Waals surface area contributed by atoms with E-state index < -0.39 is 17.1 Å². The van der Waals surface area contributed by atoms with Crippen LogP contribution in [0.25, 0.3) is 10.8 Å². The third-order valence-electron chi connectivity index (χ3n) is 7.86. The first-order valence-corrected chi connectivity index (χ1v) is 16.1. The summed E-state index contributed by atoms with van der Waals surface area (Å²) in [5.41, 5.74) is 1.88. The summed E-state index contributed by atoms with van der Waals surface area (Å²) < 4.78 is 11.8. The summed E-state index contributed by atoms with van der Waals surface area (Å²) in [6.45, 7) is 1.92. The molecule has 4 aromatic carbocycles. The lowest BCUT2D eigenvalue weighted by molar-refractivity contribution is -0.122. The number of imide groups is 1. The number of nitrogens with zero attached hydrogens (tertiary/aromatic N) is 1. The van der Waals surface area contributed by atoms with Crippen molar-refractivity contribution in [2.75, 3.05) is 23.4 Å². The van der Waals surface area contributed by atoms with Gasteiger partial charge < -0.3 is 19.8 Å². The summed E-state index contributed by atoms with van der Waals surface area (Å²) in [5, 5.41) is 4.85. The first-order valence-electron chi connectivity index (χ1n) is 14.4. The first-order chi connectivity index (χ1) is 21.9. The van der Waals surface area contributed by atoms with Crippen molar-refractivity contribution in [3.63, 3.8) is 0 Å². The molecule has 9 nitrogen and oxygen atoms in total. The van der Waals surface area contributed by atoms with E-state index in [0.29, 0.717) is 44.9 Å². The second-order valence-corrected chi connectivity index (χ2v) is 12.8. The lowest BCUT2D eigenvalue weighted by Gasteiger charge is -2.30. The number of aromatic amines is 1. The molecule has 7 rings (SSSR count). The van der Waals surface area contributed by atoms with Gasteiger partial charge in [-0.2, -0.15) is 0 Å². The number of hydrogen-bond donors (Lipinski definition) is 2. The first kappa shape index (κ1) is 28.9. The molecule has 5 aromatic rings. The highest BCUT2D eigenvalue weighted by molar-refractivity contribution is 8.00. The van der Waals surface area contributed by atoms with Crippen LogP contribution in [0.4, 0.5) is 11.4 Å². The topological polar surface area (TPSA) is 118 Å². The van der Waals surface area contributed by atoms with E-state index in [2.05, 4.69) is 10.3 Å². The van der Waals surface area contributed by atoms with Crippen LogP contribution in [-0.2, 0) is 14.4 Å². The van der Waals surface area contributed by atoms with Crippen LogP contribution < -0.4 is 24.6 Å². The second kappa shape index (κ2) is 11.9. The normalized spacial score (nSPS) is 18.9. The van der Waals surface area contributed by atoms with Crippen molar-refractivity contribution in [2.24, 2.45) is 5.92 Å². The molecule has 0 spiro atoms. The number of aromatic nitrogens is 1. The Labute approximate surface area is 266 Å². The molecular formula is C34H27N3O6S2. The van der Waals surface area contributed by atoms with Crippen LogP contribution in [0, 0.1) is 5.92 Å². The Balaban J connectivity index is 1.16. The molecule has 11 heteroatoms. The van der Waals surface area contributed by atoms with Gasteiger partial charge >= 0.3 is 4.87 Å². The summed E-state index contributed by atoms with van der Waals surface area (Å²) >= 11 is 2.27. The van der Waals surface area contributed by atoms with E-state index in [0.717, 1.165) is 22.1 Å². The van der Waals surface area contributed by atoms with E-state index in [4.69, 9.17) is 9.47 Å². The number of nitrogens with one attached hydrogen (secondary N) is 2. The molecule has 3 atom stereocenters. The number of thioether (sulfide) groups is 1. The van der Waals surface area contributed by atoms with Crippen LogP contribution in [0.3, 0.4) is 0 Å². The van der Waals surface area contributed by atoms with E-state index in [-0.39, 0.29) is 29.2 Å². The van der Waals surface area contributed by atoms with E-state index >= 15 is 0 Å². The number of benzene rings is 4. The number of H-pyrrole nitrogens is 1. The molecule has 0 radical (unpaired) electrons. The van der Waals surface area contributed by atoms with E-state index in [1.807, 2.05) is 55.5 Å². The van der Waals surface area contributed by atoms with Crippen molar-refractivity contribution in [3.05, 3.63) is 111 Å². The van der Waals surface area contributed by atoms with Gasteiger partial charge in [-0.1, -0.05) is 77.7 Å². The van der Waals surface area contributed by atoms with Crippen LogP contribution in [0.15, 0.2) is 101 Å². The second-order valence-electron chi connectivity index (χ2n) is 10.6. The highest BCUT2D eigenvalue weighted by atomic mass is 32.2. The highest BCUT2D eigenvalue weighted by Gasteiger charge is 2.56. The molecule has 0 saturated carbocycles. The Morgan fingerprint density at radius 1 is 0.867 bits per heavy atom. The third kappa shape index (κ3) is 5.38. The molecule has 3 amide bonds. The molecule has 0 bridgehead atoms. The molecule has 3 heterocycles. The van der Waals surface area contributed by atoms with Crippen molar-refractivity contribution < 1.29 is 23.9 Å². The average molecular weight is 638 g/mol. The number of fused-ring (bicyclic) bond motifs is 3. The fraction of sp³-hybridized carbons (Fsp3) is 0.176.